The molecule has 0 aromatic carbocycles. The van der Waals surface area contributed by atoms with Crippen LogP contribution in [0.25, 0.3) is 0 Å². The lowest BCUT2D eigenvalue weighted by Gasteiger charge is -2.15. The molecule has 0 saturated heterocycles. The standard InChI is InChI=1S/C10H24N2O/c1-12(9-6-10-13)8-5-3-2-4-7-11/h13H,2-11H2,1H3. The highest BCUT2D eigenvalue weighted by Gasteiger charge is 1.96. The Morgan fingerprint density at radius 2 is 1.62 bits per heavy atom. The number of aliphatic hydroxyl groups is 1. The zero-order valence-corrected chi connectivity index (χ0v) is 8.84. The zero-order valence-electron chi connectivity index (χ0n) is 8.84. The zero-order chi connectivity index (χ0) is 9.94. The second-order valence-corrected chi connectivity index (χ2v) is 3.58. The topological polar surface area (TPSA) is 49.5 Å². The van der Waals surface area contributed by atoms with E-state index in [-0.39, 0.29) is 0 Å². The number of aliphatic hydroxyl groups excluding tert-OH is 1. The van der Waals surface area contributed by atoms with Crippen LogP contribution in [0.2, 0.25) is 0 Å². The third kappa shape index (κ3) is 9.80. The molecule has 0 amide bonds. The van der Waals surface area contributed by atoms with Gasteiger partial charge < -0.3 is 15.7 Å². The smallest absolute Gasteiger partial charge is 0.0443 e. The van der Waals surface area contributed by atoms with Crippen LogP contribution in [0.1, 0.15) is 32.1 Å². The summed E-state index contributed by atoms with van der Waals surface area (Å²) >= 11 is 0. The molecule has 0 aliphatic heterocycles. The average molecular weight is 188 g/mol. The highest BCUT2D eigenvalue weighted by molar-refractivity contribution is 4.52. The van der Waals surface area contributed by atoms with Crippen molar-refractivity contribution in [2.24, 2.45) is 5.73 Å². The van der Waals surface area contributed by atoms with Crippen molar-refractivity contribution in [3.8, 4) is 0 Å². The van der Waals surface area contributed by atoms with Crippen LogP contribution in [0.4, 0.5) is 0 Å². The van der Waals surface area contributed by atoms with Gasteiger partial charge >= 0.3 is 0 Å². The summed E-state index contributed by atoms with van der Waals surface area (Å²) in [6.45, 7) is 3.27. The molecule has 0 aliphatic carbocycles. The molecule has 0 aromatic rings. The van der Waals surface area contributed by atoms with E-state index in [1.54, 1.807) is 0 Å². The van der Waals surface area contributed by atoms with E-state index in [4.69, 9.17) is 10.8 Å². The van der Waals surface area contributed by atoms with Crippen LogP contribution in [0.3, 0.4) is 0 Å². The summed E-state index contributed by atoms with van der Waals surface area (Å²) < 4.78 is 0. The highest BCUT2D eigenvalue weighted by Crippen LogP contribution is 2.00. The van der Waals surface area contributed by atoms with E-state index < -0.39 is 0 Å². The Labute approximate surface area is 81.9 Å². The van der Waals surface area contributed by atoms with Crippen molar-refractivity contribution in [2.75, 3.05) is 33.3 Å². The average Bonchev–Trinajstić information content (AvgIpc) is 2.14. The van der Waals surface area contributed by atoms with Gasteiger partial charge in [-0.1, -0.05) is 12.8 Å². The molecule has 80 valence electrons. The lowest BCUT2D eigenvalue weighted by Crippen LogP contribution is -2.21. The molecular formula is C10H24N2O. The van der Waals surface area contributed by atoms with Crippen molar-refractivity contribution in [1.29, 1.82) is 0 Å². The molecule has 0 atom stereocenters. The first-order valence-electron chi connectivity index (χ1n) is 5.30. The number of nitrogens with zero attached hydrogens (tertiary/aromatic N) is 1. The largest absolute Gasteiger partial charge is 0.396 e. The molecule has 0 unspecified atom stereocenters. The van der Waals surface area contributed by atoms with Crippen LogP contribution >= 0.6 is 0 Å². The van der Waals surface area contributed by atoms with Gasteiger partial charge in [0, 0.05) is 13.2 Å². The van der Waals surface area contributed by atoms with Gasteiger partial charge in [-0.05, 0) is 39.4 Å². The van der Waals surface area contributed by atoms with Gasteiger partial charge in [0.25, 0.3) is 0 Å². The normalized spacial score (nSPS) is 11.1. The SMILES string of the molecule is CN(CCCO)CCCCCCN. The van der Waals surface area contributed by atoms with Gasteiger partial charge in [-0.3, -0.25) is 0 Å². The third-order valence-electron chi connectivity index (χ3n) is 2.19. The number of rotatable bonds is 9. The van der Waals surface area contributed by atoms with Crippen molar-refractivity contribution in [2.45, 2.75) is 32.1 Å². The van der Waals surface area contributed by atoms with Crippen LogP contribution < -0.4 is 5.73 Å². The van der Waals surface area contributed by atoms with E-state index in [1.807, 2.05) is 0 Å². The minimum atomic E-state index is 0.303. The van der Waals surface area contributed by atoms with Crippen LogP contribution in [0.5, 0.6) is 0 Å². The van der Waals surface area contributed by atoms with Gasteiger partial charge in [-0.15, -0.1) is 0 Å². The van der Waals surface area contributed by atoms with Crippen molar-refractivity contribution >= 4 is 0 Å². The van der Waals surface area contributed by atoms with Gasteiger partial charge in [0.1, 0.15) is 0 Å². The van der Waals surface area contributed by atoms with Gasteiger partial charge in [0.05, 0.1) is 0 Å². The Hall–Kier alpha value is -0.120. The van der Waals surface area contributed by atoms with Crippen LogP contribution in [0.15, 0.2) is 0 Å². The summed E-state index contributed by atoms with van der Waals surface area (Å²) in [6.07, 6.45) is 5.83. The van der Waals surface area contributed by atoms with E-state index in [0.29, 0.717) is 6.61 Å². The number of hydrogen-bond donors (Lipinski definition) is 2. The maximum atomic E-state index is 8.62. The quantitative estimate of drug-likeness (QED) is 0.527. The second kappa shape index (κ2) is 9.96. The van der Waals surface area contributed by atoms with Crippen molar-refractivity contribution < 1.29 is 5.11 Å². The molecule has 3 heteroatoms. The lowest BCUT2D eigenvalue weighted by molar-refractivity contribution is 0.245. The van der Waals surface area contributed by atoms with E-state index >= 15 is 0 Å². The number of nitrogens with two attached hydrogens (primary N) is 1. The molecule has 0 spiro atoms. The van der Waals surface area contributed by atoms with Gasteiger partial charge in [-0.2, -0.15) is 0 Å². The molecule has 0 radical (unpaired) electrons. The summed E-state index contributed by atoms with van der Waals surface area (Å²) in [6, 6.07) is 0. The monoisotopic (exact) mass is 188 g/mol. The fraction of sp³-hybridized carbons (Fsp3) is 1.00. The minimum absolute atomic E-state index is 0.303. The minimum Gasteiger partial charge on any atom is -0.396 e. The predicted octanol–water partition coefficient (Wildman–Crippen LogP) is 0.820. The highest BCUT2D eigenvalue weighted by atomic mass is 16.3. The van der Waals surface area contributed by atoms with Crippen molar-refractivity contribution in [3.63, 3.8) is 0 Å². The van der Waals surface area contributed by atoms with Crippen molar-refractivity contribution in [3.05, 3.63) is 0 Å². The molecule has 0 bridgehead atoms. The van der Waals surface area contributed by atoms with Crippen molar-refractivity contribution in [1.82, 2.24) is 4.90 Å². The molecule has 3 N–H and O–H groups in total. The maximum Gasteiger partial charge on any atom is 0.0443 e. The summed E-state index contributed by atoms with van der Waals surface area (Å²) in [5.41, 5.74) is 5.40. The Balaban J connectivity index is 3.03. The van der Waals surface area contributed by atoms with Gasteiger partial charge in [-0.25, -0.2) is 0 Å². The van der Waals surface area contributed by atoms with Crippen LogP contribution in [-0.4, -0.2) is 43.3 Å². The molecule has 13 heavy (non-hydrogen) atoms. The first kappa shape index (κ1) is 12.9. The molecule has 0 rings (SSSR count). The second-order valence-electron chi connectivity index (χ2n) is 3.58. The molecule has 0 fully saturated rings. The predicted molar refractivity (Wildman–Crippen MR) is 56.7 cm³/mol. The van der Waals surface area contributed by atoms with E-state index in [0.717, 1.165) is 32.5 Å². The van der Waals surface area contributed by atoms with E-state index in [2.05, 4.69) is 11.9 Å². The molecule has 3 nitrogen and oxygen atoms in total. The molecule has 0 heterocycles. The maximum absolute atomic E-state index is 8.62. The van der Waals surface area contributed by atoms with E-state index in [1.165, 1.54) is 19.3 Å². The fourth-order valence-corrected chi connectivity index (χ4v) is 1.33. The molecular weight excluding hydrogens is 164 g/mol. The first-order chi connectivity index (χ1) is 6.31. The Morgan fingerprint density at radius 1 is 1.00 bits per heavy atom. The Bertz CT molecular complexity index is 98.9. The molecule has 0 saturated carbocycles. The summed E-state index contributed by atoms with van der Waals surface area (Å²) in [5.74, 6) is 0. The molecule has 0 aliphatic rings. The third-order valence-corrected chi connectivity index (χ3v) is 2.19. The van der Waals surface area contributed by atoms with E-state index in [9.17, 15) is 0 Å². The number of unbranched alkanes of at least 4 members (excludes halogenated alkanes) is 3. The molecule has 0 aromatic heterocycles. The fourth-order valence-electron chi connectivity index (χ4n) is 1.33. The number of hydrogen-bond acceptors (Lipinski definition) is 3. The van der Waals surface area contributed by atoms with Gasteiger partial charge in [0.2, 0.25) is 0 Å². The first-order valence-corrected chi connectivity index (χ1v) is 5.30. The summed E-state index contributed by atoms with van der Waals surface area (Å²) in [4.78, 5) is 2.28. The lowest BCUT2D eigenvalue weighted by atomic mass is 10.2. The van der Waals surface area contributed by atoms with Gasteiger partial charge in [0.15, 0.2) is 0 Å². The Morgan fingerprint density at radius 3 is 2.23 bits per heavy atom. The van der Waals surface area contributed by atoms with Crippen LogP contribution in [0, 0.1) is 0 Å². The summed E-state index contributed by atoms with van der Waals surface area (Å²) in [5, 5.41) is 8.62. The summed E-state index contributed by atoms with van der Waals surface area (Å²) in [7, 11) is 2.11. The Kier molecular flexibility index (Phi) is 9.87. The van der Waals surface area contributed by atoms with Crippen LogP contribution in [-0.2, 0) is 0 Å².